The zero-order chi connectivity index (χ0) is 22.4. The number of halogens is 2. The van der Waals surface area contributed by atoms with Crippen LogP contribution in [0.3, 0.4) is 0 Å². The number of nitrogens with zero attached hydrogens (tertiary/aromatic N) is 2. The molecular formula is C23H24F2N4O2. The monoisotopic (exact) mass is 426 g/mol. The molecule has 1 fully saturated rings. The van der Waals surface area contributed by atoms with Crippen molar-refractivity contribution >= 4 is 17.5 Å². The van der Waals surface area contributed by atoms with Crippen molar-refractivity contribution in [1.29, 1.82) is 5.26 Å². The van der Waals surface area contributed by atoms with E-state index in [0.717, 1.165) is 30.9 Å². The SMILES string of the molecule is CC(=O)NC(CC(=O)NC1CCN(c2ccc(C#N)cc2)CC1)c1c(F)cccc1F. The normalized spacial score (nSPS) is 15.1. The average molecular weight is 426 g/mol. The average Bonchev–Trinajstić information content (AvgIpc) is 2.74. The summed E-state index contributed by atoms with van der Waals surface area (Å²) < 4.78 is 28.3. The molecule has 1 atom stereocenters. The van der Waals surface area contributed by atoms with Crippen LogP contribution in [0.4, 0.5) is 14.5 Å². The van der Waals surface area contributed by atoms with Crippen LogP contribution >= 0.6 is 0 Å². The Bertz CT molecular complexity index is 960. The molecule has 1 heterocycles. The summed E-state index contributed by atoms with van der Waals surface area (Å²) in [5.41, 5.74) is 1.30. The van der Waals surface area contributed by atoms with Crippen molar-refractivity contribution in [2.45, 2.75) is 38.3 Å². The zero-order valence-electron chi connectivity index (χ0n) is 17.2. The lowest BCUT2D eigenvalue weighted by Crippen LogP contribution is -2.45. The molecule has 31 heavy (non-hydrogen) atoms. The van der Waals surface area contributed by atoms with Crippen LogP contribution in [0.25, 0.3) is 0 Å². The summed E-state index contributed by atoms with van der Waals surface area (Å²) in [6, 6.07) is 11.7. The highest BCUT2D eigenvalue weighted by molar-refractivity contribution is 5.79. The number of carbonyl (C=O) groups is 2. The summed E-state index contributed by atoms with van der Waals surface area (Å²) >= 11 is 0. The molecule has 0 aliphatic carbocycles. The zero-order valence-corrected chi connectivity index (χ0v) is 17.2. The topological polar surface area (TPSA) is 85.2 Å². The second-order valence-electron chi connectivity index (χ2n) is 7.58. The van der Waals surface area contributed by atoms with Gasteiger partial charge in [-0.05, 0) is 49.2 Å². The van der Waals surface area contributed by atoms with E-state index in [1.165, 1.54) is 13.0 Å². The van der Waals surface area contributed by atoms with Crippen molar-refractivity contribution < 1.29 is 18.4 Å². The highest BCUT2D eigenvalue weighted by Gasteiger charge is 2.26. The summed E-state index contributed by atoms with van der Waals surface area (Å²) in [7, 11) is 0. The summed E-state index contributed by atoms with van der Waals surface area (Å²) in [6.07, 6.45) is 1.17. The van der Waals surface area contributed by atoms with Gasteiger partial charge in [-0.15, -0.1) is 0 Å². The summed E-state index contributed by atoms with van der Waals surface area (Å²) in [5.74, 6) is -2.46. The van der Waals surface area contributed by atoms with Crippen molar-refractivity contribution in [1.82, 2.24) is 10.6 Å². The Morgan fingerprint density at radius 3 is 2.29 bits per heavy atom. The molecule has 0 spiro atoms. The third-order valence-electron chi connectivity index (χ3n) is 5.34. The number of benzene rings is 2. The van der Waals surface area contributed by atoms with Crippen molar-refractivity contribution in [3.8, 4) is 6.07 Å². The maximum Gasteiger partial charge on any atom is 0.222 e. The van der Waals surface area contributed by atoms with Crippen LogP contribution < -0.4 is 15.5 Å². The number of rotatable bonds is 6. The highest BCUT2D eigenvalue weighted by atomic mass is 19.1. The smallest absolute Gasteiger partial charge is 0.222 e. The number of amides is 2. The van der Waals surface area contributed by atoms with Gasteiger partial charge in [-0.2, -0.15) is 5.26 Å². The van der Waals surface area contributed by atoms with Gasteiger partial charge in [0.05, 0.1) is 24.1 Å². The Morgan fingerprint density at radius 1 is 1.13 bits per heavy atom. The van der Waals surface area contributed by atoms with Gasteiger partial charge in [0.2, 0.25) is 11.8 Å². The van der Waals surface area contributed by atoms with Crippen molar-refractivity contribution in [3.63, 3.8) is 0 Å². The van der Waals surface area contributed by atoms with E-state index in [0.29, 0.717) is 18.4 Å². The Balaban J connectivity index is 1.58. The first-order chi connectivity index (χ1) is 14.9. The molecule has 0 saturated carbocycles. The van der Waals surface area contributed by atoms with Gasteiger partial charge < -0.3 is 15.5 Å². The first-order valence-electron chi connectivity index (χ1n) is 10.1. The number of piperidine rings is 1. The highest BCUT2D eigenvalue weighted by Crippen LogP contribution is 2.24. The Labute approximate surface area is 179 Å². The molecule has 1 saturated heterocycles. The third-order valence-corrected chi connectivity index (χ3v) is 5.34. The van der Waals surface area contributed by atoms with E-state index < -0.39 is 23.6 Å². The quantitative estimate of drug-likeness (QED) is 0.743. The van der Waals surface area contributed by atoms with Crippen LogP contribution in [0.15, 0.2) is 42.5 Å². The van der Waals surface area contributed by atoms with Gasteiger partial charge in [-0.3, -0.25) is 9.59 Å². The van der Waals surface area contributed by atoms with Crippen molar-refractivity contribution in [2.24, 2.45) is 0 Å². The fraction of sp³-hybridized carbons (Fsp3) is 0.348. The Kier molecular flexibility index (Phi) is 7.19. The number of hydrogen-bond acceptors (Lipinski definition) is 4. The molecule has 1 unspecified atom stereocenters. The van der Waals surface area contributed by atoms with E-state index in [-0.39, 0.29) is 23.9 Å². The van der Waals surface area contributed by atoms with Crippen LogP contribution in [0, 0.1) is 23.0 Å². The standard InChI is InChI=1S/C23H24F2N4O2/c1-15(30)27-21(23-19(24)3-2-4-20(23)25)13-22(31)28-17-9-11-29(12-10-17)18-7-5-16(14-26)6-8-18/h2-8,17,21H,9-13H2,1H3,(H,27,30)(H,28,31). The summed E-state index contributed by atoms with van der Waals surface area (Å²) in [4.78, 5) is 26.3. The molecular weight excluding hydrogens is 402 g/mol. The summed E-state index contributed by atoms with van der Waals surface area (Å²) in [5, 5.41) is 14.3. The maximum atomic E-state index is 14.2. The number of hydrogen-bond donors (Lipinski definition) is 2. The Morgan fingerprint density at radius 2 is 1.74 bits per heavy atom. The van der Waals surface area contributed by atoms with Gasteiger partial charge in [0.25, 0.3) is 0 Å². The minimum atomic E-state index is -1.09. The van der Waals surface area contributed by atoms with Crippen molar-refractivity contribution in [2.75, 3.05) is 18.0 Å². The van der Waals surface area contributed by atoms with Crippen molar-refractivity contribution in [3.05, 3.63) is 65.2 Å². The van der Waals surface area contributed by atoms with Crippen LogP contribution in [-0.4, -0.2) is 30.9 Å². The van der Waals surface area contributed by atoms with E-state index in [2.05, 4.69) is 21.6 Å². The lowest BCUT2D eigenvalue weighted by atomic mass is 10.00. The van der Waals surface area contributed by atoms with E-state index in [4.69, 9.17) is 5.26 Å². The van der Waals surface area contributed by atoms with Gasteiger partial charge in [-0.1, -0.05) is 6.07 Å². The molecule has 1 aliphatic rings. The number of carbonyl (C=O) groups excluding carboxylic acids is 2. The fourth-order valence-electron chi connectivity index (χ4n) is 3.82. The molecule has 3 rings (SSSR count). The van der Waals surface area contributed by atoms with Gasteiger partial charge in [0, 0.05) is 37.3 Å². The van der Waals surface area contributed by atoms with E-state index in [1.54, 1.807) is 12.1 Å². The van der Waals surface area contributed by atoms with Crippen LogP contribution in [-0.2, 0) is 9.59 Å². The molecule has 0 aromatic heterocycles. The minimum Gasteiger partial charge on any atom is -0.371 e. The lowest BCUT2D eigenvalue weighted by molar-refractivity contribution is -0.123. The second-order valence-corrected chi connectivity index (χ2v) is 7.58. The minimum absolute atomic E-state index is 0.0643. The molecule has 2 N–H and O–H groups in total. The molecule has 2 aromatic carbocycles. The molecule has 2 aromatic rings. The van der Waals surface area contributed by atoms with Gasteiger partial charge >= 0.3 is 0 Å². The maximum absolute atomic E-state index is 14.2. The summed E-state index contributed by atoms with van der Waals surface area (Å²) in [6.45, 7) is 2.70. The molecule has 2 amide bonds. The first-order valence-corrected chi connectivity index (χ1v) is 10.1. The molecule has 8 heteroatoms. The number of nitriles is 1. The predicted octanol–water partition coefficient (Wildman–Crippen LogP) is 3.19. The largest absolute Gasteiger partial charge is 0.371 e. The number of nitrogens with one attached hydrogen (secondary N) is 2. The third kappa shape index (κ3) is 5.79. The molecule has 6 nitrogen and oxygen atoms in total. The van der Waals surface area contributed by atoms with Gasteiger partial charge in [0.15, 0.2) is 0 Å². The molecule has 0 radical (unpaired) electrons. The second kappa shape index (κ2) is 10.0. The van der Waals surface area contributed by atoms with Crippen LogP contribution in [0.1, 0.15) is 43.4 Å². The number of anilines is 1. The first kappa shape index (κ1) is 22.2. The molecule has 1 aliphatic heterocycles. The van der Waals surface area contributed by atoms with E-state index in [9.17, 15) is 18.4 Å². The van der Waals surface area contributed by atoms with E-state index >= 15 is 0 Å². The molecule has 0 bridgehead atoms. The lowest BCUT2D eigenvalue weighted by Gasteiger charge is -2.34. The van der Waals surface area contributed by atoms with Crippen LogP contribution in [0.5, 0.6) is 0 Å². The fourth-order valence-corrected chi connectivity index (χ4v) is 3.82. The van der Waals surface area contributed by atoms with Crippen LogP contribution in [0.2, 0.25) is 0 Å². The molecule has 162 valence electrons. The van der Waals surface area contributed by atoms with Gasteiger partial charge in [-0.25, -0.2) is 8.78 Å². The predicted molar refractivity (Wildman–Crippen MR) is 112 cm³/mol. The van der Waals surface area contributed by atoms with E-state index in [1.807, 2.05) is 12.1 Å². The Hall–Kier alpha value is -3.47. The van der Waals surface area contributed by atoms with Gasteiger partial charge in [0.1, 0.15) is 11.6 Å².